The summed E-state index contributed by atoms with van der Waals surface area (Å²) in [5.41, 5.74) is 6.17. The summed E-state index contributed by atoms with van der Waals surface area (Å²) in [4.78, 5) is 28.4. The molecule has 1 saturated heterocycles. The van der Waals surface area contributed by atoms with Crippen LogP contribution in [0.3, 0.4) is 0 Å². The van der Waals surface area contributed by atoms with E-state index in [1.165, 1.54) is 12.1 Å². The highest BCUT2D eigenvalue weighted by atomic mass is 32.2. The van der Waals surface area contributed by atoms with Gasteiger partial charge in [-0.25, -0.2) is 8.42 Å². The van der Waals surface area contributed by atoms with Crippen LogP contribution < -0.4 is 5.32 Å². The van der Waals surface area contributed by atoms with Crippen LogP contribution in [0.25, 0.3) is 16.8 Å². The molecule has 8 heteroatoms. The first-order valence-corrected chi connectivity index (χ1v) is 14.8. The number of aryl methyl sites for hydroxylation is 1. The van der Waals surface area contributed by atoms with Gasteiger partial charge in [-0.05, 0) is 80.8 Å². The molecule has 1 fully saturated rings. The molecule has 200 valence electrons. The molecule has 0 bridgehead atoms. The van der Waals surface area contributed by atoms with Crippen LogP contribution in [0.15, 0.2) is 83.8 Å². The van der Waals surface area contributed by atoms with Crippen molar-refractivity contribution in [2.75, 3.05) is 24.7 Å². The van der Waals surface area contributed by atoms with E-state index in [1.807, 2.05) is 77.9 Å². The SMILES string of the molecule is Cc1cc(C(=O)Nc2ccc(S(C)(=O)=O)cc2)c(C)n1-c1ccccc1-c1cccc(C(=O)N2CCCC2)c1. The molecule has 1 N–H and O–H groups in total. The molecule has 0 atom stereocenters. The molecule has 1 aromatic heterocycles. The van der Waals surface area contributed by atoms with Crippen LogP contribution in [0.1, 0.15) is 44.9 Å². The van der Waals surface area contributed by atoms with Crippen molar-refractivity contribution < 1.29 is 18.0 Å². The van der Waals surface area contributed by atoms with Crippen LogP contribution in [-0.4, -0.2) is 49.0 Å². The zero-order chi connectivity index (χ0) is 27.7. The van der Waals surface area contributed by atoms with Crippen molar-refractivity contribution in [2.45, 2.75) is 31.6 Å². The van der Waals surface area contributed by atoms with Gasteiger partial charge in [0.15, 0.2) is 9.84 Å². The van der Waals surface area contributed by atoms with Crippen molar-refractivity contribution >= 4 is 27.3 Å². The average Bonchev–Trinajstić information content (AvgIpc) is 3.56. The summed E-state index contributed by atoms with van der Waals surface area (Å²) in [6.07, 6.45) is 3.24. The number of para-hydroxylation sites is 1. The molecule has 2 amide bonds. The summed E-state index contributed by atoms with van der Waals surface area (Å²) in [5, 5.41) is 2.87. The molecule has 5 rings (SSSR count). The van der Waals surface area contributed by atoms with Gasteiger partial charge in [-0.2, -0.15) is 0 Å². The van der Waals surface area contributed by atoms with Crippen LogP contribution in [0.4, 0.5) is 5.69 Å². The van der Waals surface area contributed by atoms with Crippen LogP contribution >= 0.6 is 0 Å². The third-order valence-corrected chi connectivity index (χ3v) is 8.30. The summed E-state index contributed by atoms with van der Waals surface area (Å²) in [6, 6.07) is 23.7. The number of carbonyl (C=O) groups is 2. The number of rotatable bonds is 6. The average molecular weight is 542 g/mol. The van der Waals surface area contributed by atoms with E-state index in [0.29, 0.717) is 16.8 Å². The molecule has 2 heterocycles. The lowest BCUT2D eigenvalue weighted by Gasteiger charge is -2.18. The fourth-order valence-electron chi connectivity index (χ4n) is 5.18. The van der Waals surface area contributed by atoms with Crippen LogP contribution in [-0.2, 0) is 9.84 Å². The molecule has 0 radical (unpaired) electrons. The fraction of sp³-hybridized carbons (Fsp3) is 0.226. The zero-order valence-corrected chi connectivity index (χ0v) is 23.1. The maximum Gasteiger partial charge on any atom is 0.257 e. The summed E-state index contributed by atoms with van der Waals surface area (Å²) in [5.74, 6) is -0.221. The number of hydrogen-bond acceptors (Lipinski definition) is 4. The minimum atomic E-state index is -3.32. The van der Waals surface area contributed by atoms with E-state index in [0.717, 1.165) is 60.4 Å². The number of nitrogens with zero attached hydrogens (tertiary/aromatic N) is 2. The minimum absolute atomic E-state index is 0.0590. The number of hydrogen-bond donors (Lipinski definition) is 1. The van der Waals surface area contributed by atoms with Gasteiger partial charge in [0.2, 0.25) is 0 Å². The largest absolute Gasteiger partial charge is 0.339 e. The van der Waals surface area contributed by atoms with Gasteiger partial charge in [0, 0.05) is 47.5 Å². The number of sulfone groups is 1. The molecule has 0 saturated carbocycles. The third-order valence-electron chi connectivity index (χ3n) is 7.17. The lowest BCUT2D eigenvalue weighted by atomic mass is 10.0. The molecular weight excluding hydrogens is 510 g/mol. The lowest BCUT2D eigenvalue weighted by molar-refractivity contribution is 0.0792. The smallest absolute Gasteiger partial charge is 0.257 e. The van der Waals surface area contributed by atoms with Crippen molar-refractivity contribution in [3.63, 3.8) is 0 Å². The summed E-state index contributed by atoms with van der Waals surface area (Å²) in [6.45, 7) is 5.45. The number of anilines is 1. The topological polar surface area (TPSA) is 88.5 Å². The monoisotopic (exact) mass is 541 g/mol. The van der Waals surface area contributed by atoms with Crippen molar-refractivity contribution in [3.05, 3.63) is 101 Å². The van der Waals surface area contributed by atoms with Gasteiger partial charge in [-0.15, -0.1) is 0 Å². The molecule has 0 unspecified atom stereocenters. The number of likely N-dealkylation sites (tertiary alicyclic amines) is 1. The molecule has 0 aliphatic carbocycles. The Bertz CT molecular complexity index is 1660. The Hall–Kier alpha value is -4.17. The second kappa shape index (κ2) is 10.5. The Morgan fingerprint density at radius 1 is 0.846 bits per heavy atom. The maximum atomic E-state index is 13.2. The van der Waals surface area contributed by atoms with Crippen molar-refractivity contribution in [3.8, 4) is 16.8 Å². The van der Waals surface area contributed by atoms with E-state index in [9.17, 15) is 18.0 Å². The highest BCUT2D eigenvalue weighted by molar-refractivity contribution is 7.90. The fourth-order valence-corrected chi connectivity index (χ4v) is 5.81. The van der Waals surface area contributed by atoms with Crippen LogP contribution in [0.5, 0.6) is 0 Å². The first kappa shape index (κ1) is 26.4. The Morgan fingerprint density at radius 3 is 2.23 bits per heavy atom. The van der Waals surface area contributed by atoms with Crippen LogP contribution in [0, 0.1) is 13.8 Å². The molecule has 1 aliphatic rings. The van der Waals surface area contributed by atoms with E-state index in [1.54, 1.807) is 12.1 Å². The molecule has 7 nitrogen and oxygen atoms in total. The number of carbonyl (C=O) groups excluding carboxylic acids is 2. The number of amides is 2. The highest BCUT2D eigenvalue weighted by Gasteiger charge is 2.22. The molecule has 0 spiro atoms. The zero-order valence-electron chi connectivity index (χ0n) is 22.3. The highest BCUT2D eigenvalue weighted by Crippen LogP contribution is 2.31. The third kappa shape index (κ3) is 5.38. The van der Waals surface area contributed by atoms with E-state index < -0.39 is 9.84 Å². The molecule has 1 aliphatic heterocycles. The Labute approximate surface area is 229 Å². The van der Waals surface area contributed by atoms with E-state index in [-0.39, 0.29) is 16.7 Å². The Morgan fingerprint density at radius 2 is 1.54 bits per heavy atom. The summed E-state index contributed by atoms with van der Waals surface area (Å²) >= 11 is 0. The summed E-state index contributed by atoms with van der Waals surface area (Å²) < 4.78 is 25.5. The van der Waals surface area contributed by atoms with E-state index in [2.05, 4.69) is 5.32 Å². The van der Waals surface area contributed by atoms with Gasteiger partial charge in [-0.1, -0.05) is 30.3 Å². The number of benzene rings is 3. The number of nitrogens with one attached hydrogen (secondary N) is 1. The predicted molar refractivity (Wildman–Crippen MR) is 153 cm³/mol. The number of aromatic nitrogens is 1. The maximum absolute atomic E-state index is 13.2. The van der Waals surface area contributed by atoms with Crippen molar-refractivity contribution in [1.29, 1.82) is 0 Å². The first-order valence-electron chi connectivity index (χ1n) is 12.9. The van der Waals surface area contributed by atoms with Gasteiger partial charge in [0.05, 0.1) is 16.1 Å². The lowest BCUT2D eigenvalue weighted by Crippen LogP contribution is -2.27. The quantitative estimate of drug-likeness (QED) is 0.342. The molecule has 3 aromatic carbocycles. The van der Waals surface area contributed by atoms with Gasteiger partial charge < -0.3 is 14.8 Å². The van der Waals surface area contributed by atoms with Crippen molar-refractivity contribution in [1.82, 2.24) is 9.47 Å². The molecular formula is C31H31N3O4S. The standard InChI is InChI=1S/C31H31N3O4S/c1-21-19-28(30(35)32-25-13-15-26(16-14-25)39(3,37)38)22(2)34(21)29-12-5-4-11-27(29)23-9-8-10-24(20-23)31(36)33-17-6-7-18-33/h4-5,8-16,19-20H,6-7,17-18H2,1-3H3,(H,32,35). The minimum Gasteiger partial charge on any atom is -0.339 e. The Kier molecular flexibility index (Phi) is 7.14. The van der Waals surface area contributed by atoms with Crippen LogP contribution in [0.2, 0.25) is 0 Å². The predicted octanol–water partition coefficient (Wildman–Crippen LogP) is 5.65. The van der Waals surface area contributed by atoms with Crippen molar-refractivity contribution in [2.24, 2.45) is 0 Å². The van der Waals surface area contributed by atoms with E-state index >= 15 is 0 Å². The normalized spacial score (nSPS) is 13.5. The Balaban J connectivity index is 1.46. The first-order chi connectivity index (χ1) is 18.6. The summed E-state index contributed by atoms with van der Waals surface area (Å²) in [7, 11) is -3.32. The van der Waals surface area contributed by atoms with Gasteiger partial charge in [0.1, 0.15) is 0 Å². The molecule has 39 heavy (non-hydrogen) atoms. The van der Waals surface area contributed by atoms with Gasteiger partial charge in [0.25, 0.3) is 11.8 Å². The second-order valence-electron chi connectivity index (χ2n) is 9.97. The molecule has 4 aromatic rings. The van der Waals surface area contributed by atoms with Gasteiger partial charge in [-0.3, -0.25) is 9.59 Å². The second-order valence-corrected chi connectivity index (χ2v) is 12.0. The van der Waals surface area contributed by atoms with E-state index in [4.69, 9.17) is 0 Å². The van der Waals surface area contributed by atoms with Gasteiger partial charge >= 0.3 is 0 Å².